The van der Waals surface area contributed by atoms with Crippen LogP contribution in [0.2, 0.25) is 0 Å². The van der Waals surface area contributed by atoms with Crippen LogP contribution in [-0.2, 0) is 19.5 Å². The van der Waals surface area contributed by atoms with Crippen LogP contribution in [0.1, 0.15) is 25.1 Å². The van der Waals surface area contributed by atoms with Gasteiger partial charge in [-0.1, -0.05) is 18.2 Å². The Balaban J connectivity index is 1.97. The van der Waals surface area contributed by atoms with Gasteiger partial charge in [-0.15, -0.1) is 0 Å². The summed E-state index contributed by atoms with van der Waals surface area (Å²) in [5.41, 5.74) is 2.37. The number of hydrogen-bond acceptors (Lipinski definition) is 3. The van der Waals surface area contributed by atoms with E-state index in [1.807, 2.05) is 23.0 Å². The minimum Gasteiger partial charge on any atom is -0.496 e. The molecule has 2 rings (SSSR count). The van der Waals surface area contributed by atoms with Gasteiger partial charge in [0.2, 0.25) is 0 Å². The fourth-order valence-corrected chi connectivity index (χ4v) is 2.42. The van der Waals surface area contributed by atoms with E-state index in [4.69, 9.17) is 4.74 Å². The molecule has 0 saturated carbocycles. The van der Waals surface area contributed by atoms with Crippen LogP contribution in [0.3, 0.4) is 0 Å². The summed E-state index contributed by atoms with van der Waals surface area (Å²) in [5.74, 6) is 0.966. The predicted octanol–water partition coefficient (Wildman–Crippen LogP) is 2.97. The van der Waals surface area contributed by atoms with Gasteiger partial charge in [-0.05, 0) is 45.0 Å². The van der Waals surface area contributed by atoms with Crippen molar-refractivity contribution >= 4 is 0 Å². The largest absolute Gasteiger partial charge is 0.496 e. The first-order valence-corrected chi connectivity index (χ1v) is 7.48. The number of hydrogen-bond donors (Lipinski definition) is 0. The Morgan fingerprint density at radius 3 is 2.71 bits per heavy atom. The van der Waals surface area contributed by atoms with Crippen molar-refractivity contribution in [2.45, 2.75) is 39.4 Å². The monoisotopic (exact) mass is 287 g/mol. The molecule has 0 fully saturated rings. The molecule has 1 aromatic carbocycles. The molecule has 21 heavy (non-hydrogen) atoms. The summed E-state index contributed by atoms with van der Waals surface area (Å²) in [7, 11) is 3.87. The molecular weight excluding hydrogens is 262 g/mol. The van der Waals surface area contributed by atoms with Gasteiger partial charge < -0.3 is 4.74 Å². The zero-order chi connectivity index (χ0) is 15.2. The summed E-state index contributed by atoms with van der Waals surface area (Å²) < 4.78 is 7.39. The van der Waals surface area contributed by atoms with Crippen LogP contribution < -0.4 is 4.74 Å². The standard InChI is InChI=1S/C17H25N3O/c1-5-20-11-10-16(18-20)13-19(3)14(2)12-15-8-6-7-9-17(15)21-4/h6-11,14H,5,12-13H2,1-4H3. The zero-order valence-electron chi connectivity index (χ0n) is 13.4. The van der Waals surface area contributed by atoms with Crippen molar-refractivity contribution in [1.29, 1.82) is 0 Å². The molecule has 0 N–H and O–H groups in total. The molecular formula is C17H25N3O. The topological polar surface area (TPSA) is 30.3 Å². The molecule has 0 amide bonds. The average Bonchev–Trinajstić information content (AvgIpc) is 2.95. The number of ether oxygens (including phenoxy) is 1. The highest BCUT2D eigenvalue weighted by molar-refractivity contribution is 5.33. The molecule has 2 aromatic rings. The lowest BCUT2D eigenvalue weighted by atomic mass is 10.1. The number of rotatable bonds is 7. The first-order chi connectivity index (χ1) is 10.1. The maximum absolute atomic E-state index is 5.43. The lowest BCUT2D eigenvalue weighted by Gasteiger charge is -2.24. The van der Waals surface area contributed by atoms with Crippen LogP contribution in [0.15, 0.2) is 36.5 Å². The molecule has 0 saturated heterocycles. The van der Waals surface area contributed by atoms with Gasteiger partial charge >= 0.3 is 0 Å². The molecule has 0 bridgehead atoms. The maximum atomic E-state index is 5.43. The third-order valence-electron chi connectivity index (χ3n) is 3.89. The summed E-state index contributed by atoms with van der Waals surface area (Å²) in [5, 5.41) is 4.54. The van der Waals surface area contributed by atoms with Gasteiger partial charge in [0.1, 0.15) is 5.75 Å². The van der Waals surface area contributed by atoms with E-state index in [0.717, 1.165) is 31.0 Å². The lowest BCUT2D eigenvalue weighted by molar-refractivity contribution is 0.243. The number of nitrogens with zero attached hydrogens (tertiary/aromatic N) is 3. The molecule has 0 radical (unpaired) electrons. The van der Waals surface area contributed by atoms with Crippen LogP contribution in [-0.4, -0.2) is 34.9 Å². The minimum atomic E-state index is 0.424. The first-order valence-electron chi connectivity index (χ1n) is 7.48. The van der Waals surface area contributed by atoms with Crippen molar-refractivity contribution in [1.82, 2.24) is 14.7 Å². The van der Waals surface area contributed by atoms with Gasteiger partial charge in [0.25, 0.3) is 0 Å². The molecule has 0 aliphatic rings. The van der Waals surface area contributed by atoms with Gasteiger partial charge in [0.15, 0.2) is 0 Å². The second-order valence-electron chi connectivity index (χ2n) is 5.44. The average molecular weight is 287 g/mol. The molecule has 0 aliphatic heterocycles. The van der Waals surface area contributed by atoms with Crippen molar-refractivity contribution in [3.8, 4) is 5.75 Å². The Hall–Kier alpha value is -1.81. The van der Waals surface area contributed by atoms with E-state index in [9.17, 15) is 0 Å². The van der Waals surface area contributed by atoms with E-state index in [1.54, 1.807) is 7.11 Å². The third-order valence-corrected chi connectivity index (χ3v) is 3.89. The number of aryl methyl sites for hydroxylation is 1. The number of likely N-dealkylation sites (N-methyl/N-ethyl adjacent to an activating group) is 1. The SMILES string of the molecule is CCn1ccc(CN(C)C(C)Cc2ccccc2OC)n1. The Morgan fingerprint density at radius 1 is 1.29 bits per heavy atom. The van der Waals surface area contributed by atoms with Crippen molar-refractivity contribution in [2.75, 3.05) is 14.2 Å². The summed E-state index contributed by atoms with van der Waals surface area (Å²) in [6, 6.07) is 10.7. The predicted molar refractivity (Wildman–Crippen MR) is 85.5 cm³/mol. The Kier molecular flexibility index (Phi) is 5.39. The third kappa shape index (κ3) is 4.08. The van der Waals surface area contributed by atoms with Crippen LogP contribution in [0, 0.1) is 0 Å². The smallest absolute Gasteiger partial charge is 0.122 e. The van der Waals surface area contributed by atoms with Gasteiger partial charge in [0.05, 0.1) is 12.8 Å². The molecule has 0 aliphatic carbocycles. The number of benzene rings is 1. The highest BCUT2D eigenvalue weighted by atomic mass is 16.5. The van der Waals surface area contributed by atoms with Crippen molar-refractivity contribution in [3.63, 3.8) is 0 Å². The molecule has 4 nitrogen and oxygen atoms in total. The van der Waals surface area contributed by atoms with Crippen molar-refractivity contribution in [2.24, 2.45) is 0 Å². The van der Waals surface area contributed by atoms with Crippen LogP contribution in [0.5, 0.6) is 5.75 Å². The second kappa shape index (κ2) is 7.27. The van der Waals surface area contributed by atoms with Crippen molar-refractivity contribution < 1.29 is 4.74 Å². The zero-order valence-corrected chi connectivity index (χ0v) is 13.4. The summed E-state index contributed by atoms with van der Waals surface area (Å²) in [6.07, 6.45) is 3.00. The maximum Gasteiger partial charge on any atom is 0.122 e. The molecule has 4 heteroatoms. The van der Waals surface area contributed by atoms with E-state index in [2.05, 4.69) is 49.1 Å². The van der Waals surface area contributed by atoms with Crippen LogP contribution >= 0.6 is 0 Å². The number of methoxy groups -OCH3 is 1. The lowest BCUT2D eigenvalue weighted by Crippen LogP contribution is -2.30. The fourth-order valence-electron chi connectivity index (χ4n) is 2.42. The molecule has 1 heterocycles. The Morgan fingerprint density at radius 2 is 2.05 bits per heavy atom. The summed E-state index contributed by atoms with van der Waals surface area (Å²) in [6.45, 7) is 6.12. The quantitative estimate of drug-likeness (QED) is 0.784. The van der Waals surface area contributed by atoms with E-state index in [-0.39, 0.29) is 0 Å². The Bertz CT molecular complexity index is 565. The summed E-state index contributed by atoms with van der Waals surface area (Å²) >= 11 is 0. The second-order valence-corrected chi connectivity index (χ2v) is 5.44. The van der Waals surface area contributed by atoms with Gasteiger partial charge in [-0.2, -0.15) is 5.10 Å². The molecule has 1 atom stereocenters. The highest BCUT2D eigenvalue weighted by Crippen LogP contribution is 2.20. The molecule has 1 aromatic heterocycles. The van der Waals surface area contributed by atoms with Gasteiger partial charge in [0, 0.05) is 25.3 Å². The first kappa shape index (κ1) is 15.6. The summed E-state index contributed by atoms with van der Waals surface area (Å²) in [4.78, 5) is 2.33. The van der Waals surface area contributed by atoms with Crippen LogP contribution in [0.25, 0.3) is 0 Å². The molecule has 1 unspecified atom stereocenters. The molecule has 0 spiro atoms. The Labute approximate surface area is 127 Å². The minimum absolute atomic E-state index is 0.424. The highest BCUT2D eigenvalue weighted by Gasteiger charge is 2.14. The number of aromatic nitrogens is 2. The van der Waals surface area contributed by atoms with E-state index >= 15 is 0 Å². The van der Waals surface area contributed by atoms with E-state index in [0.29, 0.717) is 6.04 Å². The van der Waals surface area contributed by atoms with Crippen LogP contribution in [0.4, 0.5) is 0 Å². The molecule has 114 valence electrons. The van der Waals surface area contributed by atoms with Gasteiger partial charge in [-0.3, -0.25) is 9.58 Å². The fraction of sp³-hybridized carbons (Fsp3) is 0.471. The number of para-hydroxylation sites is 1. The normalized spacial score (nSPS) is 12.6. The van der Waals surface area contributed by atoms with E-state index < -0.39 is 0 Å². The van der Waals surface area contributed by atoms with Gasteiger partial charge in [-0.25, -0.2) is 0 Å². The van der Waals surface area contributed by atoms with Crippen molar-refractivity contribution in [3.05, 3.63) is 47.8 Å². The van der Waals surface area contributed by atoms with E-state index in [1.165, 1.54) is 5.56 Å².